The van der Waals surface area contributed by atoms with E-state index in [0.29, 0.717) is 23.1 Å². The molecule has 8 rings (SSSR count). The fourth-order valence-electron chi connectivity index (χ4n) is 9.05. The van der Waals surface area contributed by atoms with Crippen LogP contribution in [0.15, 0.2) is 97.3 Å². The molecule has 0 aromatic heterocycles. The number of nitrogens with two attached hydrogens (primary N) is 1. The Kier molecular flexibility index (Phi) is 9.75. The topological polar surface area (TPSA) is 206 Å². The quantitative estimate of drug-likeness (QED) is 0.173. The van der Waals surface area contributed by atoms with Gasteiger partial charge in [0.05, 0.1) is 12.2 Å². The first-order valence-electron chi connectivity index (χ1n) is 18.9. The van der Waals surface area contributed by atoms with Gasteiger partial charge in [0.1, 0.15) is 49.2 Å². The largest absolute Gasteiger partial charge is 0.508 e. The Labute approximate surface area is 327 Å². The second-order valence-corrected chi connectivity index (χ2v) is 15.1. The van der Waals surface area contributed by atoms with E-state index in [-0.39, 0.29) is 56.2 Å². The van der Waals surface area contributed by atoms with E-state index in [0.717, 1.165) is 10.5 Å². The number of rotatable bonds is 10. The molecule has 3 aromatic rings. The van der Waals surface area contributed by atoms with Crippen LogP contribution in [0.2, 0.25) is 0 Å². The molecule has 4 fully saturated rings. The molecular formula is C42H42N5O10+. The highest BCUT2D eigenvalue weighted by Crippen LogP contribution is 2.41. The molecule has 3 aromatic carbocycles. The number of benzene rings is 3. The number of fused-ring (bicyclic) bond motifs is 2. The number of amides is 5. The first-order valence-corrected chi connectivity index (χ1v) is 18.9. The van der Waals surface area contributed by atoms with Crippen LogP contribution in [-0.4, -0.2) is 122 Å². The number of likely N-dealkylation sites (tertiary alicyclic amines) is 2. The average Bonchev–Trinajstić information content (AvgIpc) is 4.03. The summed E-state index contributed by atoms with van der Waals surface area (Å²) in [4.78, 5) is 87.6. The van der Waals surface area contributed by atoms with Gasteiger partial charge in [-0.15, -0.1) is 0 Å². The van der Waals surface area contributed by atoms with Gasteiger partial charge in [0.25, 0.3) is 11.8 Å². The van der Waals surface area contributed by atoms with Crippen molar-refractivity contribution in [2.75, 3.05) is 26.3 Å². The number of ether oxygens (including phenoxy) is 2. The zero-order valence-electron chi connectivity index (χ0n) is 30.9. The van der Waals surface area contributed by atoms with Gasteiger partial charge in [0, 0.05) is 37.6 Å². The van der Waals surface area contributed by atoms with E-state index in [1.165, 1.54) is 35.4 Å². The fraction of sp³-hybridized carbons (Fsp3) is 0.333. The summed E-state index contributed by atoms with van der Waals surface area (Å²) in [6.07, 6.45) is 3.66. The van der Waals surface area contributed by atoms with Crippen molar-refractivity contribution in [3.63, 3.8) is 0 Å². The number of phenolic OH excluding ortho intramolecular Hbond substituents is 2. The summed E-state index contributed by atoms with van der Waals surface area (Å²) in [5.74, 6) is -3.40. The van der Waals surface area contributed by atoms with Gasteiger partial charge in [-0.3, -0.25) is 29.3 Å². The lowest BCUT2D eigenvalue weighted by atomic mass is 9.88. The Morgan fingerprint density at radius 2 is 1.56 bits per heavy atom. The number of hydrogen-bond acceptors (Lipinski definition) is 10. The number of carbonyl (C=O) groups is 6. The highest BCUT2D eigenvalue weighted by molar-refractivity contribution is 6.15. The lowest BCUT2D eigenvalue weighted by Gasteiger charge is -2.40. The van der Waals surface area contributed by atoms with Crippen LogP contribution >= 0.6 is 0 Å². The number of aromatic hydroxyl groups is 2. The van der Waals surface area contributed by atoms with E-state index in [2.05, 4.69) is 5.32 Å². The van der Waals surface area contributed by atoms with Crippen LogP contribution in [-0.2, 0) is 46.3 Å². The van der Waals surface area contributed by atoms with E-state index < -0.39 is 76.5 Å². The zero-order chi connectivity index (χ0) is 40.1. The molecule has 5 aliphatic heterocycles. The lowest BCUT2D eigenvalue weighted by molar-refractivity contribution is -0.759. The molecule has 5 amide bonds. The number of hydrogen-bond donors (Lipinski definition) is 4. The molecule has 0 aliphatic carbocycles. The summed E-state index contributed by atoms with van der Waals surface area (Å²) in [7, 11) is 0. The molecule has 7 unspecified atom stereocenters. The molecule has 0 saturated carbocycles. The van der Waals surface area contributed by atoms with Crippen LogP contribution < -0.4 is 11.1 Å². The van der Waals surface area contributed by atoms with E-state index in [4.69, 9.17) is 15.2 Å². The summed E-state index contributed by atoms with van der Waals surface area (Å²) < 4.78 is 10.5. The number of primary amides is 1. The number of phenols is 2. The monoisotopic (exact) mass is 776 g/mol. The maximum Gasteiger partial charge on any atom is 0.427 e. The maximum absolute atomic E-state index is 15.4. The SMILES string of the molecule is NC(=O)C12C(=O)COC1CCN2C(=O)C(Cc1cccc(O)c1)[N+]1(C(=O)NC(Cc2cccc(O)c2)C(=O)N2CCC3OCC(=O)C32)C=CC(c2ccccc2)=C1. The Hall–Kier alpha value is -6.16. The fourth-order valence-corrected chi connectivity index (χ4v) is 9.05. The summed E-state index contributed by atoms with van der Waals surface area (Å²) in [5.41, 5.74) is 6.09. The lowest BCUT2D eigenvalue weighted by Crippen LogP contribution is -2.69. The van der Waals surface area contributed by atoms with Gasteiger partial charge in [0.15, 0.2) is 17.6 Å². The van der Waals surface area contributed by atoms with Crippen molar-refractivity contribution in [2.24, 2.45) is 5.73 Å². The van der Waals surface area contributed by atoms with Gasteiger partial charge in [-0.1, -0.05) is 54.6 Å². The molecule has 294 valence electrons. The van der Waals surface area contributed by atoms with Gasteiger partial charge < -0.3 is 35.2 Å². The smallest absolute Gasteiger partial charge is 0.427 e. The molecule has 57 heavy (non-hydrogen) atoms. The number of Topliss-reactive ketones (excluding diaryl/α,β-unsaturated/α-hetero) is 2. The van der Waals surface area contributed by atoms with E-state index in [1.807, 2.05) is 30.3 Å². The predicted octanol–water partition coefficient (Wildman–Crippen LogP) is 1.71. The summed E-state index contributed by atoms with van der Waals surface area (Å²) >= 11 is 0. The maximum atomic E-state index is 15.4. The zero-order valence-corrected chi connectivity index (χ0v) is 30.9. The predicted molar refractivity (Wildman–Crippen MR) is 201 cm³/mol. The Balaban J connectivity index is 1.25. The Bertz CT molecular complexity index is 2230. The summed E-state index contributed by atoms with van der Waals surface area (Å²) in [6, 6.07) is 17.2. The van der Waals surface area contributed by atoms with Gasteiger partial charge in [-0.2, -0.15) is 4.48 Å². The van der Waals surface area contributed by atoms with Crippen molar-refractivity contribution in [1.82, 2.24) is 15.1 Å². The molecule has 5 aliphatic rings. The van der Waals surface area contributed by atoms with E-state index in [1.54, 1.807) is 36.5 Å². The molecule has 4 saturated heterocycles. The second-order valence-electron chi connectivity index (χ2n) is 15.1. The standard InChI is InChI=1S/C42H41N5O10/c43-40(54)42-35(51)24-57-36(42)13-16-46(42)39(53)32(21-26-7-5-11-30(49)19-26)47(17-14-28(22-47)27-8-2-1-3-9-27)41(55)44-31(20-25-6-4-10-29(48)18-25)38(52)45-15-12-34-37(45)33(50)23-56-34/h1-11,14,17-19,22,31-32,34,36-37H,12-13,15-16,20-21,23-24H2,(H4-,43,44,48,49,54,55)/p+1. The van der Waals surface area contributed by atoms with Crippen LogP contribution in [0, 0.1) is 0 Å². The highest BCUT2D eigenvalue weighted by Gasteiger charge is 2.67. The highest BCUT2D eigenvalue weighted by atomic mass is 16.5. The minimum absolute atomic E-state index is 0.0541. The van der Waals surface area contributed by atoms with Gasteiger partial charge in [-0.25, -0.2) is 4.79 Å². The number of nitrogens with zero attached hydrogens (tertiary/aromatic N) is 3. The third kappa shape index (κ3) is 6.46. The summed E-state index contributed by atoms with van der Waals surface area (Å²) in [5, 5.41) is 23.7. The molecule has 15 nitrogen and oxygen atoms in total. The Morgan fingerprint density at radius 3 is 2.25 bits per heavy atom. The third-order valence-electron chi connectivity index (χ3n) is 11.8. The van der Waals surface area contributed by atoms with Crippen LogP contribution in [0.1, 0.15) is 29.5 Å². The number of allylic oxidation sites excluding steroid dienone is 2. The molecule has 5 N–H and O–H groups in total. The number of nitrogens with one attached hydrogen (secondary N) is 1. The first-order chi connectivity index (χ1) is 27.4. The van der Waals surface area contributed by atoms with Crippen molar-refractivity contribution >= 4 is 40.9 Å². The third-order valence-corrected chi connectivity index (χ3v) is 11.8. The van der Waals surface area contributed by atoms with Crippen LogP contribution in [0.25, 0.3) is 5.57 Å². The summed E-state index contributed by atoms with van der Waals surface area (Å²) in [6.45, 7) is -0.402. The molecule has 0 spiro atoms. The molecule has 5 heterocycles. The van der Waals surface area contributed by atoms with Crippen molar-refractivity contribution < 1.29 is 52.9 Å². The normalized spacial score (nSPS) is 27.2. The number of quaternary nitrogens is 1. The van der Waals surface area contributed by atoms with Crippen molar-refractivity contribution in [3.8, 4) is 11.5 Å². The van der Waals surface area contributed by atoms with Crippen LogP contribution in [0.5, 0.6) is 11.5 Å². The van der Waals surface area contributed by atoms with E-state index >= 15 is 9.59 Å². The number of ketones is 2. The van der Waals surface area contributed by atoms with Gasteiger partial charge >= 0.3 is 6.03 Å². The van der Waals surface area contributed by atoms with Crippen LogP contribution in [0.3, 0.4) is 0 Å². The van der Waals surface area contributed by atoms with Crippen molar-refractivity contribution in [1.29, 1.82) is 0 Å². The minimum Gasteiger partial charge on any atom is -0.508 e. The molecular weight excluding hydrogens is 734 g/mol. The second kappa shape index (κ2) is 14.7. The van der Waals surface area contributed by atoms with Crippen molar-refractivity contribution in [3.05, 3.63) is 114 Å². The van der Waals surface area contributed by atoms with Crippen molar-refractivity contribution in [2.45, 2.75) is 61.6 Å². The van der Waals surface area contributed by atoms with Gasteiger partial charge in [-0.05, 0) is 53.8 Å². The molecule has 0 radical (unpaired) electrons. The first kappa shape index (κ1) is 37.7. The molecule has 0 bridgehead atoms. The van der Waals surface area contributed by atoms with Gasteiger partial charge in [0.2, 0.25) is 11.4 Å². The molecule has 7 atom stereocenters. The molecule has 15 heteroatoms. The van der Waals surface area contributed by atoms with E-state index in [9.17, 15) is 29.4 Å². The van der Waals surface area contributed by atoms with Crippen LogP contribution in [0.4, 0.5) is 4.79 Å². The number of urea groups is 1. The Morgan fingerprint density at radius 1 is 0.860 bits per heavy atom. The average molecular weight is 777 g/mol. The minimum atomic E-state index is -2.10. The number of carbonyl (C=O) groups excluding carboxylic acids is 6.